The van der Waals surface area contributed by atoms with E-state index in [0.717, 1.165) is 6.07 Å². The molecule has 0 atom stereocenters. The summed E-state index contributed by atoms with van der Waals surface area (Å²) in [6.45, 7) is 2.14. The molecule has 11 nitrogen and oxygen atoms in total. The van der Waals surface area contributed by atoms with Crippen LogP contribution < -0.4 is 19.6 Å². The number of hydrazone groups is 1. The number of ether oxygens (including phenoxy) is 2. The van der Waals surface area contributed by atoms with Crippen molar-refractivity contribution in [1.29, 1.82) is 0 Å². The summed E-state index contributed by atoms with van der Waals surface area (Å²) < 4.78 is 38.4. The zero-order valence-corrected chi connectivity index (χ0v) is 19.1. The predicted molar refractivity (Wildman–Crippen MR) is 127 cm³/mol. The maximum Gasteiger partial charge on any atom is 0.295 e. The van der Waals surface area contributed by atoms with Gasteiger partial charge in [0.1, 0.15) is 11.4 Å². The van der Waals surface area contributed by atoms with E-state index in [2.05, 4.69) is 15.2 Å². The van der Waals surface area contributed by atoms with Gasteiger partial charge in [-0.05, 0) is 55.0 Å². The Morgan fingerprint density at radius 3 is 2.56 bits per heavy atom. The third-order valence-electron chi connectivity index (χ3n) is 4.51. The summed E-state index contributed by atoms with van der Waals surface area (Å²) in [6.07, 6.45) is 1.37. The lowest BCUT2D eigenvalue weighted by Crippen LogP contribution is -2.14. The maximum absolute atomic E-state index is 12.8. The molecule has 0 heterocycles. The number of phenolic OH excluding ortho intramolecular Hbond substituents is 1. The minimum atomic E-state index is -4.13. The molecule has 0 bridgehead atoms. The standard InChI is InChI=1S/C22H22N4O7S/c1-3-33-22-12-15(8-11-20(22)27)14-23-24-17-10-9-16(13-19(17)26(28)29)34(30,31)25-18-6-4-5-7-21(18)32-2/h4-14,24-25,27H,3H2,1-2H3. The van der Waals surface area contributed by atoms with Crippen LogP contribution in [0.25, 0.3) is 0 Å². The summed E-state index contributed by atoms with van der Waals surface area (Å²) in [5.41, 5.74) is 2.81. The molecule has 0 aromatic heterocycles. The van der Waals surface area contributed by atoms with Crippen molar-refractivity contribution in [3.63, 3.8) is 0 Å². The number of rotatable bonds is 10. The lowest BCUT2D eigenvalue weighted by Gasteiger charge is -2.12. The number of hydrogen-bond acceptors (Lipinski definition) is 9. The smallest absolute Gasteiger partial charge is 0.295 e. The van der Waals surface area contributed by atoms with Crippen LogP contribution in [0.2, 0.25) is 0 Å². The van der Waals surface area contributed by atoms with Crippen LogP contribution in [-0.4, -0.2) is 38.4 Å². The minimum Gasteiger partial charge on any atom is -0.504 e. The van der Waals surface area contributed by atoms with Gasteiger partial charge >= 0.3 is 0 Å². The number of benzene rings is 3. The molecule has 178 valence electrons. The molecular weight excluding hydrogens is 464 g/mol. The largest absolute Gasteiger partial charge is 0.504 e. The SMILES string of the molecule is CCOc1cc(C=NNc2ccc(S(=O)(=O)Nc3ccccc3OC)cc2[N+](=O)[O-])ccc1O. The molecule has 34 heavy (non-hydrogen) atoms. The number of nitro benzene ring substituents is 1. The molecule has 0 radical (unpaired) electrons. The van der Waals surface area contributed by atoms with Crippen molar-refractivity contribution in [2.24, 2.45) is 5.10 Å². The van der Waals surface area contributed by atoms with E-state index >= 15 is 0 Å². The number of nitrogens with one attached hydrogen (secondary N) is 2. The average molecular weight is 487 g/mol. The molecule has 0 fully saturated rings. The van der Waals surface area contributed by atoms with E-state index in [1.807, 2.05) is 0 Å². The molecule has 3 N–H and O–H groups in total. The molecular formula is C22H22N4O7S. The first-order chi connectivity index (χ1) is 16.2. The highest BCUT2D eigenvalue weighted by Crippen LogP contribution is 2.31. The third-order valence-corrected chi connectivity index (χ3v) is 5.87. The molecule has 0 aliphatic rings. The van der Waals surface area contributed by atoms with Crippen LogP contribution in [-0.2, 0) is 10.0 Å². The Morgan fingerprint density at radius 2 is 1.85 bits per heavy atom. The number of methoxy groups -OCH3 is 1. The van der Waals surface area contributed by atoms with Crippen molar-refractivity contribution in [3.05, 3.63) is 76.3 Å². The Kier molecular flexibility index (Phi) is 7.53. The quantitative estimate of drug-likeness (QED) is 0.221. The normalized spacial score (nSPS) is 11.2. The van der Waals surface area contributed by atoms with Crippen LogP contribution in [0.3, 0.4) is 0 Å². The van der Waals surface area contributed by atoms with Gasteiger partial charge in [-0.25, -0.2) is 8.42 Å². The molecule has 3 rings (SSSR count). The highest BCUT2D eigenvalue weighted by atomic mass is 32.2. The molecule has 0 unspecified atom stereocenters. The Labute approximate surface area is 195 Å². The van der Waals surface area contributed by atoms with E-state index < -0.39 is 20.6 Å². The van der Waals surface area contributed by atoms with Crippen molar-refractivity contribution in [1.82, 2.24) is 0 Å². The van der Waals surface area contributed by atoms with Crippen LogP contribution in [0, 0.1) is 10.1 Å². The van der Waals surface area contributed by atoms with Crippen molar-refractivity contribution in [2.45, 2.75) is 11.8 Å². The first-order valence-electron chi connectivity index (χ1n) is 9.94. The van der Waals surface area contributed by atoms with E-state index in [9.17, 15) is 23.6 Å². The van der Waals surface area contributed by atoms with Gasteiger partial charge in [0, 0.05) is 6.07 Å². The van der Waals surface area contributed by atoms with E-state index in [1.54, 1.807) is 37.3 Å². The van der Waals surface area contributed by atoms with Gasteiger partial charge in [0.25, 0.3) is 15.7 Å². The zero-order chi connectivity index (χ0) is 24.7. The van der Waals surface area contributed by atoms with Gasteiger partial charge in [-0.3, -0.25) is 20.3 Å². The first kappa shape index (κ1) is 24.3. The molecule has 0 aliphatic carbocycles. The molecule has 0 aliphatic heterocycles. The van der Waals surface area contributed by atoms with Crippen LogP contribution in [0.1, 0.15) is 12.5 Å². The topological polar surface area (TPSA) is 152 Å². The molecule has 0 spiro atoms. The fourth-order valence-corrected chi connectivity index (χ4v) is 4.01. The lowest BCUT2D eigenvalue weighted by atomic mass is 10.2. The summed E-state index contributed by atoms with van der Waals surface area (Å²) >= 11 is 0. The van der Waals surface area contributed by atoms with Gasteiger partial charge in [-0.1, -0.05) is 12.1 Å². The number of aromatic hydroxyl groups is 1. The first-order valence-corrected chi connectivity index (χ1v) is 11.4. The fraction of sp³-hybridized carbons (Fsp3) is 0.136. The summed E-state index contributed by atoms with van der Waals surface area (Å²) in [6, 6.07) is 14.4. The number of nitrogens with zero attached hydrogens (tertiary/aromatic N) is 2. The van der Waals surface area contributed by atoms with Crippen LogP contribution in [0.5, 0.6) is 17.2 Å². The van der Waals surface area contributed by atoms with Gasteiger partial charge in [0.2, 0.25) is 0 Å². The zero-order valence-electron chi connectivity index (χ0n) is 18.3. The summed E-state index contributed by atoms with van der Waals surface area (Å²) in [7, 11) is -2.74. The maximum atomic E-state index is 12.8. The van der Waals surface area contributed by atoms with Crippen molar-refractivity contribution in [2.75, 3.05) is 23.9 Å². The van der Waals surface area contributed by atoms with Crippen LogP contribution >= 0.6 is 0 Å². The lowest BCUT2D eigenvalue weighted by molar-refractivity contribution is -0.384. The number of anilines is 2. The van der Waals surface area contributed by atoms with Gasteiger partial charge < -0.3 is 14.6 Å². The second-order valence-corrected chi connectivity index (χ2v) is 8.45. The minimum absolute atomic E-state index is 0.0127. The van der Waals surface area contributed by atoms with Crippen molar-refractivity contribution in [3.8, 4) is 17.2 Å². The third kappa shape index (κ3) is 5.72. The van der Waals surface area contributed by atoms with E-state index in [1.165, 1.54) is 37.6 Å². The Hall–Kier alpha value is -4.32. The molecule has 0 saturated heterocycles. The highest BCUT2D eigenvalue weighted by molar-refractivity contribution is 7.92. The second-order valence-electron chi connectivity index (χ2n) is 6.77. The number of phenols is 1. The van der Waals surface area contributed by atoms with Crippen LogP contribution in [0.4, 0.5) is 17.1 Å². The number of para-hydroxylation sites is 2. The monoisotopic (exact) mass is 486 g/mol. The molecule has 3 aromatic carbocycles. The van der Waals surface area contributed by atoms with Gasteiger partial charge in [0.05, 0.1) is 35.4 Å². The highest BCUT2D eigenvalue weighted by Gasteiger charge is 2.22. The Morgan fingerprint density at radius 1 is 1.09 bits per heavy atom. The van der Waals surface area contributed by atoms with Gasteiger partial charge in [-0.15, -0.1) is 0 Å². The Bertz CT molecular complexity index is 1330. The van der Waals surface area contributed by atoms with Gasteiger partial charge in [-0.2, -0.15) is 5.10 Å². The summed E-state index contributed by atoms with van der Waals surface area (Å²) in [5.74, 6) is 0.547. The van der Waals surface area contributed by atoms with Crippen molar-refractivity contribution < 1.29 is 27.9 Å². The summed E-state index contributed by atoms with van der Waals surface area (Å²) in [4.78, 5) is 10.6. The predicted octanol–water partition coefficient (Wildman–Crippen LogP) is 3.95. The van der Waals surface area contributed by atoms with Crippen molar-refractivity contribution >= 4 is 33.3 Å². The Balaban J connectivity index is 1.84. The van der Waals surface area contributed by atoms with E-state index in [4.69, 9.17) is 9.47 Å². The van der Waals surface area contributed by atoms with E-state index in [0.29, 0.717) is 17.9 Å². The molecule has 0 amide bonds. The van der Waals surface area contributed by atoms with Crippen LogP contribution in [0.15, 0.2) is 70.7 Å². The molecule has 12 heteroatoms. The number of hydrogen-bond donors (Lipinski definition) is 3. The van der Waals surface area contributed by atoms with Gasteiger partial charge in [0.15, 0.2) is 11.5 Å². The average Bonchev–Trinajstić information content (AvgIpc) is 2.81. The molecule has 0 saturated carbocycles. The number of sulfonamides is 1. The van der Waals surface area contributed by atoms with E-state index in [-0.39, 0.29) is 27.8 Å². The summed E-state index contributed by atoms with van der Waals surface area (Å²) in [5, 5.41) is 25.3. The number of nitro groups is 1. The molecule has 3 aromatic rings. The fourth-order valence-electron chi connectivity index (χ4n) is 2.92. The second kappa shape index (κ2) is 10.5.